The minimum Gasteiger partial charge on any atom is -0.496 e. The van der Waals surface area contributed by atoms with Crippen LogP contribution in [0.3, 0.4) is 0 Å². The summed E-state index contributed by atoms with van der Waals surface area (Å²) < 4.78 is 127. The number of carbonyl (C=O) groups excluding carboxylic acids is 1. The number of methoxy groups -OCH3 is 1. The fourth-order valence-corrected chi connectivity index (χ4v) is 4.05. The van der Waals surface area contributed by atoms with Crippen molar-refractivity contribution in [1.29, 1.82) is 0 Å². The Hall–Kier alpha value is -3.65. The number of rotatable bonds is 8. The van der Waals surface area contributed by atoms with Crippen LogP contribution >= 0.6 is 0 Å². The van der Waals surface area contributed by atoms with Crippen molar-refractivity contribution in [3.05, 3.63) is 54.5 Å². The molecule has 15 heteroatoms. The van der Waals surface area contributed by atoms with Gasteiger partial charge < -0.3 is 19.4 Å². The van der Waals surface area contributed by atoms with Crippen molar-refractivity contribution in [2.24, 2.45) is 0 Å². The molecule has 0 fully saturated rings. The van der Waals surface area contributed by atoms with E-state index in [0.717, 1.165) is 19.1 Å². The summed E-state index contributed by atoms with van der Waals surface area (Å²) in [5.74, 6) is 0.177. The highest BCUT2D eigenvalue weighted by atomic mass is 19.4. The lowest BCUT2D eigenvalue weighted by Crippen LogP contribution is -2.53. The first-order chi connectivity index (χ1) is 18.0. The summed E-state index contributed by atoms with van der Waals surface area (Å²) in [7, 11) is 1.29. The topological polar surface area (TPSA) is 58.9 Å². The summed E-state index contributed by atoms with van der Waals surface area (Å²) in [4.78, 5) is 16.9. The number of nitrogens with zero attached hydrogens (tertiary/aromatic N) is 3. The Balaban J connectivity index is 2.01. The van der Waals surface area contributed by atoms with E-state index in [1.54, 1.807) is 28.9 Å². The van der Waals surface area contributed by atoms with Crippen LogP contribution in [0.25, 0.3) is 16.8 Å². The van der Waals surface area contributed by atoms with Crippen LogP contribution in [-0.2, 0) is 0 Å². The fraction of sp³-hybridized carbons (Fsp3) is 0.417. The van der Waals surface area contributed by atoms with Gasteiger partial charge in [0.1, 0.15) is 17.4 Å². The Labute approximate surface area is 216 Å². The Morgan fingerprint density at radius 3 is 2.31 bits per heavy atom. The average molecular weight is 570 g/mol. The van der Waals surface area contributed by atoms with Gasteiger partial charge in [0.2, 0.25) is 0 Å². The van der Waals surface area contributed by atoms with E-state index in [4.69, 9.17) is 4.74 Å². The SMILES string of the molecule is CCN(C(=O)NC(CCC(F)(F)F)C(F)(F)F)[C@@H](c1ccc(OC)c(-c2ccc3nccn3c2)c1)C(F)(F)F. The minimum absolute atomic E-state index is 0.0942. The fourth-order valence-electron chi connectivity index (χ4n) is 4.05. The lowest BCUT2D eigenvalue weighted by atomic mass is 9.98. The number of alkyl halides is 9. The molecule has 0 bridgehead atoms. The molecule has 3 aromatic rings. The molecule has 39 heavy (non-hydrogen) atoms. The van der Waals surface area contributed by atoms with Crippen LogP contribution in [0.1, 0.15) is 31.4 Å². The van der Waals surface area contributed by atoms with Crippen LogP contribution in [0.2, 0.25) is 0 Å². The molecular formula is C24H23F9N4O2. The second-order valence-corrected chi connectivity index (χ2v) is 8.50. The molecule has 0 aliphatic heterocycles. The van der Waals surface area contributed by atoms with Crippen molar-refractivity contribution in [2.45, 2.75) is 50.4 Å². The molecule has 214 valence electrons. The first-order valence-electron chi connectivity index (χ1n) is 11.4. The molecule has 0 spiro atoms. The number of nitrogens with one attached hydrogen (secondary N) is 1. The van der Waals surface area contributed by atoms with Gasteiger partial charge in [-0.05, 0) is 43.2 Å². The predicted molar refractivity (Wildman–Crippen MR) is 122 cm³/mol. The number of fused-ring (bicyclic) bond motifs is 1. The number of halogens is 9. The van der Waals surface area contributed by atoms with E-state index in [1.807, 2.05) is 0 Å². The van der Waals surface area contributed by atoms with Crippen LogP contribution < -0.4 is 10.1 Å². The number of hydrogen-bond donors (Lipinski definition) is 1. The Kier molecular flexibility index (Phi) is 8.60. The molecule has 6 nitrogen and oxygen atoms in total. The summed E-state index contributed by atoms with van der Waals surface area (Å²) in [6.07, 6.45) is -14.2. The average Bonchev–Trinajstić information content (AvgIpc) is 3.30. The molecule has 0 aliphatic carbocycles. The van der Waals surface area contributed by atoms with Gasteiger partial charge in [0.15, 0.2) is 6.04 Å². The molecule has 1 unspecified atom stereocenters. The minimum atomic E-state index is -5.33. The molecular weight excluding hydrogens is 547 g/mol. The van der Waals surface area contributed by atoms with E-state index in [9.17, 15) is 44.3 Å². The monoisotopic (exact) mass is 570 g/mol. The Bertz CT molecular complexity index is 1290. The maximum atomic E-state index is 14.3. The molecule has 1 N–H and O–H groups in total. The van der Waals surface area contributed by atoms with Crippen molar-refractivity contribution in [3.8, 4) is 16.9 Å². The van der Waals surface area contributed by atoms with Gasteiger partial charge in [0, 0.05) is 42.7 Å². The number of imidazole rings is 1. The second-order valence-electron chi connectivity index (χ2n) is 8.50. The van der Waals surface area contributed by atoms with Gasteiger partial charge in [-0.1, -0.05) is 6.07 Å². The number of amides is 2. The van der Waals surface area contributed by atoms with E-state index in [2.05, 4.69) is 4.98 Å². The molecule has 2 amide bonds. The molecule has 0 saturated heterocycles. The van der Waals surface area contributed by atoms with Crippen molar-refractivity contribution in [3.63, 3.8) is 0 Å². The van der Waals surface area contributed by atoms with Crippen LogP contribution in [0.15, 0.2) is 48.9 Å². The zero-order chi connectivity index (χ0) is 29.2. The van der Waals surface area contributed by atoms with Crippen LogP contribution in [0.5, 0.6) is 5.75 Å². The molecule has 1 aromatic carbocycles. The molecule has 0 radical (unpaired) electrons. The zero-order valence-electron chi connectivity index (χ0n) is 20.5. The van der Waals surface area contributed by atoms with Crippen molar-refractivity contribution >= 4 is 11.7 Å². The van der Waals surface area contributed by atoms with Gasteiger partial charge in [-0.2, -0.15) is 39.5 Å². The summed E-state index contributed by atoms with van der Waals surface area (Å²) in [6.45, 7) is 0.399. The van der Waals surface area contributed by atoms with Crippen LogP contribution in [0, 0.1) is 0 Å². The lowest BCUT2D eigenvalue weighted by molar-refractivity contribution is -0.181. The van der Waals surface area contributed by atoms with Gasteiger partial charge in [-0.15, -0.1) is 0 Å². The maximum absolute atomic E-state index is 14.3. The van der Waals surface area contributed by atoms with E-state index < -0.39 is 61.6 Å². The predicted octanol–water partition coefficient (Wildman–Crippen LogP) is 6.92. The maximum Gasteiger partial charge on any atom is 0.413 e. The van der Waals surface area contributed by atoms with E-state index in [0.29, 0.717) is 11.2 Å². The summed E-state index contributed by atoms with van der Waals surface area (Å²) in [5, 5.41) is 1.32. The third-order valence-corrected chi connectivity index (χ3v) is 5.87. The summed E-state index contributed by atoms with van der Waals surface area (Å²) >= 11 is 0. The van der Waals surface area contributed by atoms with Gasteiger partial charge in [0.25, 0.3) is 0 Å². The Morgan fingerprint density at radius 1 is 1.05 bits per heavy atom. The molecule has 0 aliphatic rings. The third kappa shape index (κ3) is 7.26. The molecule has 0 saturated carbocycles. The summed E-state index contributed by atoms with van der Waals surface area (Å²) in [5.41, 5.74) is 0.659. The molecule has 2 heterocycles. The first-order valence-corrected chi connectivity index (χ1v) is 11.4. The van der Waals surface area contributed by atoms with Gasteiger partial charge in [-0.3, -0.25) is 0 Å². The van der Waals surface area contributed by atoms with E-state index >= 15 is 0 Å². The van der Waals surface area contributed by atoms with Gasteiger partial charge in [0.05, 0.1) is 7.11 Å². The van der Waals surface area contributed by atoms with Crippen LogP contribution in [-0.4, -0.2) is 58.5 Å². The zero-order valence-corrected chi connectivity index (χ0v) is 20.5. The van der Waals surface area contributed by atoms with Crippen LogP contribution in [0.4, 0.5) is 44.3 Å². The van der Waals surface area contributed by atoms with E-state index in [1.165, 1.54) is 24.7 Å². The highest BCUT2D eigenvalue weighted by molar-refractivity contribution is 5.76. The number of aromatic nitrogens is 2. The standard InChI is InChI=1S/C24H23F9N4O2/c1-3-37(21(38)35-18(23(28,29)30)8-9-22(25,26)27)20(24(31,32)33)14-4-6-17(39-2)16(12-14)15-5-7-19-34-10-11-36(19)13-15/h4-7,10-13,18,20H,3,8-9H2,1-2H3,(H,35,38)/t18?,20-/m0/s1. The normalized spacial score (nSPS) is 14.2. The quantitative estimate of drug-likeness (QED) is 0.299. The Morgan fingerprint density at radius 2 is 1.74 bits per heavy atom. The van der Waals surface area contributed by atoms with Crippen molar-refractivity contribution < 1.29 is 49.0 Å². The summed E-state index contributed by atoms with van der Waals surface area (Å²) in [6, 6.07) is -1.05. The van der Waals surface area contributed by atoms with Gasteiger partial charge >= 0.3 is 24.6 Å². The number of ether oxygens (including phenoxy) is 1. The second kappa shape index (κ2) is 11.2. The van der Waals surface area contributed by atoms with Crippen molar-refractivity contribution in [1.82, 2.24) is 19.6 Å². The van der Waals surface area contributed by atoms with Crippen molar-refractivity contribution in [2.75, 3.05) is 13.7 Å². The third-order valence-electron chi connectivity index (χ3n) is 5.87. The smallest absolute Gasteiger partial charge is 0.413 e. The largest absolute Gasteiger partial charge is 0.496 e. The first kappa shape index (κ1) is 29.9. The number of pyridine rings is 1. The lowest BCUT2D eigenvalue weighted by Gasteiger charge is -2.34. The highest BCUT2D eigenvalue weighted by Gasteiger charge is 2.49. The number of carbonyl (C=O) groups is 1. The molecule has 3 rings (SSSR count). The number of urea groups is 1. The number of benzene rings is 1. The van der Waals surface area contributed by atoms with Gasteiger partial charge in [-0.25, -0.2) is 9.78 Å². The number of hydrogen-bond acceptors (Lipinski definition) is 3. The molecule has 2 aromatic heterocycles. The molecule has 2 atom stereocenters. The van der Waals surface area contributed by atoms with E-state index in [-0.39, 0.29) is 16.2 Å². The highest BCUT2D eigenvalue weighted by Crippen LogP contribution is 2.41.